The zero-order valence-corrected chi connectivity index (χ0v) is 17.7. The molecule has 2 aromatic rings. The third-order valence-corrected chi connectivity index (χ3v) is 6.79. The Hall–Kier alpha value is -1.29. The molecule has 3 atom stereocenters. The number of nitrogens with zero attached hydrogens (tertiary/aromatic N) is 1. The Bertz CT molecular complexity index is 717. The van der Waals surface area contributed by atoms with E-state index in [1.54, 1.807) is 11.8 Å². The van der Waals surface area contributed by atoms with Crippen molar-refractivity contribution in [3.05, 3.63) is 65.7 Å². The molecule has 2 aromatic carbocycles. The Morgan fingerprint density at radius 1 is 1.11 bits per heavy atom. The van der Waals surface area contributed by atoms with Crippen molar-refractivity contribution in [2.75, 3.05) is 26.9 Å². The fourth-order valence-electron chi connectivity index (χ4n) is 4.56. The molecule has 0 aromatic heterocycles. The normalized spacial score (nSPS) is 25.7. The molecule has 146 valence electrons. The highest BCUT2D eigenvalue weighted by Crippen LogP contribution is 2.45. The molecule has 1 N–H and O–H groups in total. The minimum atomic E-state index is -0.709. The van der Waals surface area contributed by atoms with E-state index in [1.165, 1.54) is 16.9 Å². The van der Waals surface area contributed by atoms with Crippen molar-refractivity contribution in [3.63, 3.8) is 0 Å². The average molecular weight is 384 g/mol. The average Bonchev–Trinajstić information content (AvgIpc) is 2.69. The number of thioether (sulfide) groups is 1. The van der Waals surface area contributed by atoms with Gasteiger partial charge in [0.1, 0.15) is 0 Å². The summed E-state index contributed by atoms with van der Waals surface area (Å²) in [4.78, 5) is 3.46. The predicted octanol–water partition coefficient (Wildman–Crippen LogP) is 5.21. The topological polar surface area (TPSA) is 23.5 Å². The van der Waals surface area contributed by atoms with Crippen LogP contribution in [0.1, 0.15) is 36.8 Å². The van der Waals surface area contributed by atoms with Crippen LogP contribution >= 0.6 is 11.8 Å². The smallest absolute Gasteiger partial charge is 0.0937 e. The van der Waals surface area contributed by atoms with E-state index in [1.807, 2.05) is 0 Å². The number of rotatable bonds is 7. The molecule has 0 radical (unpaired) electrons. The van der Waals surface area contributed by atoms with E-state index < -0.39 is 5.60 Å². The standard InChI is InChI=1S/C24H33NOS/c1-25(2)18-22-16-20(13-12-19-8-5-4-6-9-19)14-15-24(22,26)21-10-7-11-23(17-21)27-3/h4-11,17,20,22,26H,12-16,18H2,1-3H3. The van der Waals surface area contributed by atoms with E-state index in [2.05, 4.69) is 79.8 Å². The molecule has 0 aliphatic heterocycles. The minimum Gasteiger partial charge on any atom is -0.385 e. The van der Waals surface area contributed by atoms with Crippen LogP contribution in [0, 0.1) is 11.8 Å². The van der Waals surface area contributed by atoms with Gasteiger partial charge in [-0.1, -0.05) is 42.5 Å². The molecule has 1 aliphatic carbocycles. The molecule has 3 rings (SSSR count). The van der Waals surface area contributed by atoms with Crippen LogP contribution in [0.5, 0.6) is 0 Å². The molecule has 1 saturated carbocycles. The van der Waals surface area contributed by atoms with Crippen LogP contribution in [-0.2, 0) is 12.0 Å². The van der Waals surface area contributed by atoms with E-state index in [9.17, 15) is 5.11 Å². The summed E-state index contributed by atoms with van der Waals surface area (Å²) in [6.45, 7) is 0.932. The number of hydrogen-bond acceptors (Lipinski definition) is 3. The fraction of sp³-hybridized carbons (Fsp3) is 0.500. The maximum Gasteiger partial charge on any atom is 0.0937 e. The van der Waals surface area contributed by atoms with Gasteiger partial charge < -0.3 is 10.0 Å². The SMILES string of the molecule is CSc1cccc(C2(O)CCC(CCc3ccccc3)CC2CN(C)C)c1. The molecule has 1 fully saturated rings. The lowest BCUT2D eigenvalue weighted by molar-refractivity contribution is -0.0762. The second-order valence-corrected chi connectivity index (χ2v) is 9.16. The first-order valence-corrected chi connectivity index (χ1v) is 11.3. The third-order valence-electron chi connectivity index (χ3n) is 6.07. The number of hydrogen-bond donors (Lipinski definition) is 1. The molecule has 0 amide bonds. The van der Waals surface area contributed by atoms with Crippen molar-refractivity contribution in [3.8, 4) is 0 Å². The van der Waals surface area contributed by atoms with Crippen molar-refractivity contribution >= 4 is 11.8 Å². The minimum absolute atomic E-state index is 0.277. The molecule has 0 saturated heterocycles. The fourth-order valence-corrected chi connectivity index (χ4v) is 5.02. The quantitative estimate of drug-likeness (QED) is 0.664. The van der Waals surface area contributed by atoms with Gasteiger partial charge in [-0.15, -0.1) is 11.8 Å². The summed E-state index contributed by atoms with van der Waals surface area (Å²) in [5.41, 5.74) is 1.82. The van der Waals surface area contributed by atoms with Gasteiger partial charge in [-0.3, -0.25) is 0 Å². The first kappa shape index (κ1) is 20.4. The van der Waals surface area contributed by atoms with Crippen molar-refractivity contribution in [1.29, 1.82) is 0 Å². The van der Waals surface area contributed by atoms with E-state index in [0.29, 0.717) is 5.92 Å². The second-order valence-electron chi connectivity index (χ2n) is 8.28. The zero-order chi connectivity index (χ0) is 19.3. The zero-order valence-electron chi connectivity index (χ0n) is 16.9. The lowest BCUT2D eigenvalue weighted by atomic mass is 9.66. The molecule has 0 heterocycles. The molecule has 2 nitrogen and oxygen atoms in total. The highest BCUT2D eigenvalue weighted by atomic mass is 32.2. The number of aryl methyl sites for hydroxylation is 1. The Labute approximate surface area is 169 Å². The summed E-state index contributed by atoms with van der Waals surface area (Å²) in [6.07, 6.45) is 7.53. The molecular formula is C24H33NOS. The highest BCUT2D eigenvalue weighted by Gasteiger charge is 2.43. The van der Waals surface area contributed by atoms with E-state index >= 15 is 0 Å². The number of benzene rings is 2. The lowest BCUT2D eigenvalue weighted by Crippen LogP contribution is -2.45. The van der Waals surface area contributed by atoms with Gasteiger partial charge in [-0.2, -0.15) is 0 Å². The first-order valence-electron chi connectivity index (χ1n) is 10.1. The van der Waals surface area contributed by atoms with Crippen LogP contribution < -0.4 is 0 Å². The van der Waals surface area contributed by atoms with Gasteiger partial charge >= 0.3 is 0 Å². The van der Waals surface area contributed by atoms with Crippen LogP contribution in [0.2, 0.25) is 0 Å². The van der Waals surface area contributed by atoms with Crippen molar-refractivity contribution in [2.24, 2.45) is 11.8 Å². The Morgan fingerprint density at radius 2 is 1.89 bits per heavy atom. The molecule has 0 spiro atoms. The van der Waals surface area contributed by atoms with Gasteiger partial charge in [-0.25, -0.2) is 0 Å². The van der Waals surface area contributed by atoms with Crippen LogP contribution in [0.15, 0.2) is 59.5 Å². The monoisotopic (exact) mass is 383 g/mol. The first-order chi connectivity index (χ1) is 13.0. The lowest BCUT2D eigenvalue weighted by Gasteiger charge is -2.45. The molecule has 27 heavy (non-hydrogen) atoms. The molecular weight excluding hydrogens is 350 g/mol. The maximum atomic E-state index is 11.7. The van der Waals surface area contributed by atoms with Gasteiger partial charge in [0.05, 0.1) is 5.60 Å². The largest absolute Gasteiger partial charge is 0.385 e. The van der Waals surface area contributed by atoms with Gasteiger partial charge in [-0.05, 0) is 81.6 Å². The van der Waals surface area contributed by atoms with Gasteiger partial charge in [0.25, 0.3) is 0 Å². The molecule has 0 bridgehead atoms. The second kappa shape index (κ2) is 9.27. The Kier molecular flexibility index (Phi) is 7.02. The van der Waals surface area contributed by atoms with E-state index in [4.69, 9.17) is 0 Å². The van der Waals surface area contributed by atoms with Crippen LogP contribution in [-0.4, -0.2) is 36.9 Å². The predicted molar refractivity (Wildman–Crippen MR) is 116 cm³/mol. The van der Waals surface area contributed by atoms with Gasteiger partial charge in [0, 0.05) is 17.4 Å². The van der Waals surface area contributed by atoms with Crippen LogP contribution in [0.25, 0.3) is 0 Å². The molecule has 1 aliphatic rings. The Morgan fingerprint density at radius 3 is 2.59 bits per heavy atom. The van der Waals surface area contributed by atoms with Crippen LogP contribution in [0.4, 0.5) is 0 Å². The summed E-state index contributed by atoms with van der Waals surface area (Å²) >= 11 is 1.75. The maximum absolute atomic E-state index is 11.7. The van der Waals surface area contributed by atoms with Crippen LogP contribution in [0.3, 0.4) is 0 Å². The summed E-state index contributed by atoms with van der Waals surface area (Å²) < 4.78 is 0. The summed E-state index contributed by atoms with van der Waals surface area (Å²) in [7, 11) is 4.23. The van der Waals surface area contributed by atoms with Gasteiger partial charge in [0.2, 0.25) is 0 Å². The number of aliphatic hydroxyl groups is 1. The molecule has 3 unspecified atom stereocenters. The summed E-state index contributed by atoms with van der Waals surface area (Å²) in [5, 5.41) is 11.7. The molecule has 3 heteroatoms. The van der Waals surface area contributed by atoms with Crippen molar-refractivity contribution < 1.29 is 5.11 Å². The van der Waals surface area contributed by atoms with E-state index in [-0.39, 0.29) is 5.92 Å². The highest BCUT2D eigenvalue weighted by molar-refractivity contribution is 7.98. The summed E-state index contributed by atoms with van der Waals surface area (Å²) in [6, 6.07) is 19.3. The van der Waals surface area contributed by atoms with Crippen molar-refractivity contribution in [2.45, 2.75) is 42.6 Å². The summed E-state index contributed by atoms with van der Waals surface area (Å²) in [5.74, 6) is 0.971. The Balaban J connectivity index is 1.74. The third kappa shape index (κ3) is 5.16. The van der Waals surface area contributed by atoms with E-state index in [0.717, 1.165) is 37.8 Å². The van der Waals surface area contributed by atoms with Gasteiger partial charge in [0.15, 0.2) is 0 Å². The van der Waals surface area contributed by atoms with Crippen molar-refractivity contribution in [1.82, 2.24) is 4.90 Å².